The molecule has 0 saturated carbocycles. The topological polar surface area (TPSA) is 24.1 Å². The van der Waals surface area contributed by atoms with E-state index in [1.54, 1.807) is 0 Å². The van der Waals surface area contributed by atoms with Gasteiger partial charge < -0.3 is 10.6 Å². The maximum atomic E-state index is 3.59. The third-order valence-electron chi connectivity index (χ3n) is 3.65. The van der Waals surface area contributed by atoms with Gasteiger partial charge in [-0.3, -0.25) is 0 Å². The number of aryl methyl sites for hydroxylation is 2. The normalized spacial score (nSPS) is 20.5. The van der Waals surface area contributed by atoms with Crippen LogP contribution in [0.1, 0.15) is 29.5 Å². The summed E-state index contributed by atoms with van der Waals surface area (Å²) in [6.45, 7) is 8.88. The molecule has 2 N–H and O–H groups in total. The average Bonchev–Trinajstić information content (AvgIpc) is 2.33. The van der Waals surface area contributed by atoms with Crippen LogP contribution < -0.4 is 10.6 Å². The van der Waals surface area contributed by atoms with Gasteiger partial charge in [-0.25, -0.2) is 0 Å². The Kier molecular flexibility index (Phi) is 4.57. The van der Waals surface area contributed by atoms with Crippen molar-refractivity contribution < 1.29 is 0 Å². The van der Waals surface area contributed by atoms with Crippen LogP contribution in [0.4, 0.5) is 0 Å². The van der Waals surface area contributed by atoms with Gasteiger partial charge in [0.25, 0.3) is 0 Å². The smallest absolute Gasteiger partial charge is 0.0208 e. The third-order valence-corrected chi connectivity index (χ3v) is 3.65. The molecule has 94 valence electrons. The Morgan fingerprint density at radius 2 is 2.24 bits per heavy atom. The highest BCUT2D eigenvalue weighted by molar-refractivity contribution is 5.30. The first-order chi connectivity index (χ1) is 8.25. The molecule has 1 aliphatic heterocycles. The van der Waals surface area contributed by atoms with Crippen LogP contribution in [-0.4, -0.2) is 19.6 Å². The molecular formula is C15H24N2. The van der Waals surface area contributed by atoms with Gasteiger partial charge in [-0.15, -0.1) is 0 Å². The van der Waals surface area contributed by atoms with Crippen molar-refractivity contribution in [1.82, 2.24) is 10.6 Å². The number of rotatable bonds is 4. The summed E-state index contributed by atoms with van der Waals surface area (Å²) in [6.07, 6.45) is 2.70. The molecule has 0 aromatic heterocycles. The maximum Gasteiger partial charge on any atom is 0.0208 e. The van der Waals surface area contributed by atoms with E-state index in [1.165, 1.54) is 42.6 Å². The van der Waals surface area contributed by atoms with Crippen molar-refractivity contribution in [2.75, 3.05) is 19.6 Å². The second-order valence-corrected chi connectivity index (χ2v) is 5.27. The van der Waals surface area contributed by atoms with E-state index in [4.69, 9.17) is 0 Å². The van der Waals surface area contributed by atoms with E-state index in [0.29, 0.717) is 0 Å². The summed E-state index contributed by atoms with van der Waals surface area (Å²) < 4.78 is 0. The van der Waals surface area contributed by atoms with E-state index >= 15 is 0 Å². The van der Waals surface area contributed by atoms with Crippen LogP contribution in [-0.2, 0) is 6.54 Å². The predicted octanol–water partition coefficient (Wildman–Crippen LogP) is 2.39. The highest BCUT2D eigenvalue weighted by Crippen LogP contribution is 2.11. The molecule has 0 amide bonds. The molecule has 0 spiro atoms. The molecule has 1 saturated heterocycles. The Labute approximate surface area is 105 Å². The van der Waals surface area contributed by atoms with E-state index in [2.05, 4.69) is 42.7 Å². The Balaban J connectivity index is 1.77. The zero-order chi connectivity index (χ0) is 12.1. The SMILES string of the molecule is Cc1ccc(CNCC2CCCNC2)c(C)c1. The fraction of sp³-hybridized carbons (Fsp3) is 0.600. The van der Waals surface area contributed by atoms with Crippen molar-refractivity contribution in [3.8, 4) is 0 Å². The van der Waals surface area contributed by atoms with Gasteiger partial charge in [0.1, 0.15) is 0 Å². The van der Waals surface area contributed by atoms with Crippen molar-refractivity contribution in [3.63, 3.8) is 0 Å². The number of piperidine rings is 1. The lowest BCUT2D eigenvalue weighted by atomic mass is 9.99. The Morgan fingerprint density at radius 1 is 1.35 bits per heavy atom. The zero-order valence-corrected chi connectivity index (χ0v) is 11.1. The first-order valence-corrected chi connectivity index (χ1v) is 6.73. The summed E-state index contributed by atoms with van der Waals surface area (Å²) in [5, 5.41) is 7.05. The average molecular weight is 232 g/mol. The fourth-order valence-electron chi connectivity index (χ4n) is 2.55. The summed E-state index contributed by atoms with van der Waals surface area (Å²) in [4.78, 5) is 0. The molecule has 1 aromatic carbocycles. The van der Waals surface area contributed by atoms with Crippen LogP contribution >= 0.6 is 0 Å². The summed E-state index contributed by atoms with van der Waals surface area (Å²) in [7, 11) is 0. The quantitative estimate of drug-likeness (QED) is 0.833. The molecular weight excluding hydrogens is 208 g/mol. The van der Waals surface area contributed by atoms with E-state index in [1.807, 2.05) is 0 Å². The van der Waals surface area contributed by atoms with Gasteiger partial charge in [0.15, 0.2) is 0 Å². The zero-order valence-electron chi connectivity index (χ0n) is 11.1. The Bertz CT molecular complexity index is 354. The molecule has 1 fully saturated rings. The van der Waals surface area contributed by atoms with Crippen molar-refractivity contribution in [2.24, 2.45) is 5.92 Å². The first-order valence-electron chi connectivity index (χ1n) is 6.73. The molecule has 2 nitrogen and oxygen atoms in total. The minimum atomic E-state index is 0.814. The number of nitrogens with one attached hydrogen (secondary N) is 2. The molecule has 1 atom stereocenters. The molecule has 2 rings (SSSR count). The third kappa shape index (κ3) is 3.83. The lowest BCUT2D eigenvalue weighted by Gasteiger charge is -2.23. The van der Waals surface area contributed by atoms with Crippen molar-refractivity contribution >= 4 is 0 Å². The predicted molar refractivity (Wildman–Crippen MR) is 73.2 cm³/mol. The summed E-state index contributed by atoms with van der Waals surface area (Å²) >= 11 is 0. The maximum absolute atomic E-state index is 3.59. The molecule has 0 bridgehead atoms. The molecule has 1 unspecified atom stereocenters. The molecule has 1 heterocycles. The largest absolute Gasteiger partial charge is 0.316 e. The van der Waals surface area contributed by atoms with Crippen LogP contribution in [0.3, 0.4) is 0 Å². The molecule has 1 aliphatic rings. The Morgan fingerprint density at radius 3 is 2.94 bits per heavy atom. The van der Waals surface area contributed by atoms with Gasteiger partial charge in [0.2, 0.25) is 0 Å². The van der Waals surface area contributed by atoms with Crippen LogP contribution in [0.5, 0.6) is 0 Å². The van der Waals surface area contributed by atoms with Crippen LogP contribution in [0, 0.1) is 19.8 Å². The van der Waals surface area contributed by atoms with Crippen molar-refractivity contribution in [3.05, 3.63) is 34.9 Å². The van der Waals surface area contributed by atoms with Crippen LogP contribution in [0.2, 0.25) is 0 Å². The van der Waals surface area contributed by atoms with Gasteiger partial charge in [-0.2, -0.15) is 0 Å². The highest BCUT2D eigenvalue weighted by atomic mass is 14.9. The first kappa shape index (κ1) is 12.6. The van der Waals surface area contributed by atoms with Gasteiger partial charge in [0, 0.05) is 6.54 Å². The molecule has 17 heavy (non-hydrogen) atoms. The molecule has 0 aliphatic carbocycles. The van der Waals surface area contributed by atoms with Gasteiger partial charge >= 0.3 is 0 Å². The number of hydrogen-bond acceptors (Lipinski definition) is 2. The minimum Gasteiger partial charge on any atom is -0.316 e. The lowest BCUT2D eigenvalue weighted by molar-refractivity contribution is 0.360. The fourth-order valence-corrected chi connectivity index (χ4v) is 2.55. The van der Waals surface area contributed by atoms with Crippen LogP contribution in [0.25, 0.3) is 0 Å². The van der Waals surface area contributed by atoms with Gasteiger partial charge in [-0.05, 0) is 63.4 Å². The minimum absolute atomic E-state index is 0.814. The summed E-state index contributed by atoms with van der Waals surface area (Å²) in [5.74, 6) is 0.814. The van der Waals surface area contributed by atoms with E-state index in [-0.39, 0.29) is 0 Å². The second-order valence-electron chi connectivity index (χ2n) is 5.27. The lowest BCUT2D eigenvalue weighted by Crippen LogP contribution is -2.35. The summed E-state index contributed by atoms with van der Waals surface area (Å²) in [5.41, 5.74) is 4.18. The Hall–Kier alpha value is -0.860. The molecule has 2 heteroatoms. The number of hydrogen-bond donors (Lipinski definition) is 2. The van der Waals surface area contributed by atoms with Crippen LogP contribution in [0.15, 0.2) is 18.2 Å². The van der Waals surface area contributed by atoms with Gasteiger partial charge in [0.05, 0.1) is 0 Å². The molecule has 1 aromatic rings. The van der Waals surface area contributed by atoms with E-state index in [9.17, 15) is 0 Å². The van der Waals surface area contributed by atoms with E-state index in [0.717, 1.165) is 19.0 Å². The van der Waals surface area contributed by atoms with Crippen molar-refractivity contribution in [2.45, 2.75) is 33.2 Å². The summed E-state index contributed by atoms with van der Waals surface area (Å²) in [6, 6.07) is 6.71. The van der Waals surface area contributed by atoms with E-state index < -0.39 is 0 Å². The van der Waals surface area contributed by atoms with Gasteiger partial charge in [-0.1, -0.05) is 23.8 Å². The van der Waals surface area contributed by atoms with Crippen molar-refractivity contribution in [1.29, 1.82) is 0 Å². The second kappa shape index (κ2) is 6.18. The monoisotopic (exact) mass is 232 g/mol. The highest BCUT2D eigenvalue weighted by Gasteiger charge is 2.11. The number of benzene rings is 1. The standard InChI is InChI=1S/C15H24N2/c1-12-5-6-15(13(2)8-12)11-17-10-14-4-3-7-16-9-14/h5-6,8,14,16-17H,3-4,7,9-11H2,1-2H3. The molecule has 0 radical (unpaired) electrons.